The molecule has 10 nitrogen and oxygen atoms in total. The van der Waals surface area contributed by atoms with E-state index in [0.717, 1.165) is 31.4 Å². The third-order valence-corrected chi connectivity index (χ3v) is 11.6. The Morgan fingerprint density at radius 3 is 2.00 bits per heavy atom. The maximum absolute atomic E-state index is 14.1. The molecule has 12 heteroatoms. The lowest BCUT2D eigenvalue weighted by Crippen LogP contribution is -2.59. The van der Waals surface area contributed by atoms with Crippen molar-refractivity contribution in [3.63, 3.8) is 0 Å². The molecule has 50 heavy (non-hydrogen) atoms. The number of halogens is 1. The Bertz CT molecular complexity index is 1610. The van der Waals surface area contributed by atoms with E-state index in [0.29, 0.717) is 40.8 Å². The van der Waals surface area contributed by atoms with Gasteiger partial charge in [0.15, 0.2) is 17.6 Å². The summed E-state index contributed by atoms with van der Waals surface area (Å²) in [6.07, 6.45) is 13.2. The number of nitrogens with zero attached hydrogens (tertiary/aromatic N) is 3. The van der Waals surface area contributed by atoms with E-state index in [9.17, 15) is 13.2 Å². The van der Waals surface area contributed by atoms with Crippen LogP contribution in [0.5, 0.6) is 5.75 Å². The summed E-state index contributed by atoms with van der Waals surface area (Å²) in [5.41, 5.74) is 0.157. The van der Waals surface area contributed by atoms with Crippen molar-refractivity contribution in [3.05, 3.63) is 40.8 Å². The largest absolute Gasteiger partial charge is 0.481 e. The lowest BCUT2D eigenvalue weighted by atomic mass is 9.73. The van der Waals surface area contributed by atoms with Crippen LogP contribution in [0.3, 0.4) is 0 Å². The predicted octanol–water partition coefficient (Wildman–Crippen LogP) is 9.48. The lowest BCUT2D eigenvalue weighted by Gasteiger charge is -2.41. The first-order valence-corrected chi connectivity index (χ1v) is 20.7. The molecule has 0 radical (unpaired) electrons. The topological polar surface area (TPSA) is 130 Å². The van der Waals surface area contributed by atoms with E-state index >= 15 is 0 Å². The summed E-state index contributed by atoms with van der Waals surface area (Å²) in [5.74, 6) is 1.01. The van der Waals surface area contributed by atoms with Crippen LogP contribution in [-0.2, 0) is 25.6 Å². The van der Waals surface area contributed by atoms with Crippen LogP contribution < -0.4 is 14.8 Å². The second-order valence-corrected chi connectivity index (χ2v) is 18.1. The highest BCUT2D eigenvalue weighted by molar-refractivity contribution is 7.92. The van der Waals surface area contributed by atoms with Gasteiger partial charge in [-0.1, -0.05) is 124 Å². The van der Waals surface area contributed by atoms with E-state index in [1.165, 1.54) is 44.9 Å². The van der Waals surface area contributed by atoms with Gasteiger partial charge >= 0.3 is 0 Å². The molecule has 3 N–H and O–H groups in total. The molecular formula is C38H63ClN6O4S. The third kappa shape index (κ3) is 11.4. The number of ether oxygens (including phenoxy) is 1. The van der Waals surface area contributed by atoms with E-state index < -0.39 is 27.1 Å². The fraction of sp³-hybridized carbons (Fsp3) is 0.711. The van der Waals surface area contributed by atoms with Gasteiger partial charge in [-0.25, -0.2) is 8.42 Å². The van der Waals surface area contributed by atoms with E-state index in [2.05, 4.69) is 47.9 Å². The number of aromatic amines is 1. The van der Waals surface area contributed by atoms with Crippen LogP contribution in [0.15, 0.2) is 24.3 Å². The molecule has 0 aliphatic rings. The number of carbonyl (C=O) groups excluding carboxylic acids is 1. The highest BCUT2D eigenvalue weighted by Crippen LogP contribution is 2.37. The lowest BCUT2D eigenvalue weighted by molar-refractivity contribution is -0.130. The second kappa shape index (κ2) is 18.1. The number of rotatable bonds is 22. The standard InChI is InChI=1S/C38H63ClN6O4S/c1-10-12-14-15-16-17-18-19-20-21-22-30(49-29-25-23-28(24-26-29)44-50(47,48)27-13-11-2)34(46)40-38(8,9)37(6,7)35-42-41-33-31(39)32(36(3,4)5)43-45(33)35/h23-26,30,41,44H,10-22,27H2,1-9H3,(H,40,46). The molecule has 3 rings (SSSR count). The van der Waals surface area contributed by atoms with Crippen molar-refractivity contribution in [1.29, 1.82) is 0 Å². The Hall–Kier alpha value is -2.79. The number of sulfonamides is 1. The molecule has 1 atom stereocenters. The summed E-state index contributed by atoms with van der Waals surface area (Å²) >= 11 is 6.72. The number of hydrogen-bond acceptors (Lipinski definition) is 6. The number of aromatic nitrogens is 4. The number of H-pyrrole nitrogens is 1. The van der Waals surface area contributed by atoms with Crippen molar-refractivity contribution in [3.8, 4) is 5.75 Å². The van der Waals surface area contributed by atoms with E-state index in [1.807, 2.05) is 34.6 Å². The maximum Gasteiger partial charge on any atom is 0.261 e. The zero-order valence-corrected chi connectivity index (χ0v) is 33.6. The average molecular weight is 735 g/mol. The van der Waals surface area contributed by atoms with Crippen molar-refractivity contribution in [2.75, 3.05) is 10.5 Å². The Morgan fingerprint density at radius 2 is 1.44 bits per heavy atom. The quantitative estimate of drug-likeness (QED) is 0.0882. The number of fused-ring (bicyclic) bond motifs is 1. The van der Waals surface area contributed by atoms with Gasteiger partial charge in [-0.15, -0.1) is 0 Å². The first kappa shape index (κ1) is 41.6. The molecule has 0 bridgehead atoms. The Balaban J connectivity index is 1.75. The summed E-state index contributed by atoms with van der Waals surface area (Å²) in [5, 5.41) is 16.3. The van der Waals surface area contributed by atoms with Crippen LogP contribution in [0.4, 0.5) is 5.69 Å². The molecule has 1 aromatic carbocycles. The fourth-order valence-electron chi connectivity index (χ4n) is 5.90. The van der Waals surface area contributed by atoms with Gasteiger partial charge in [0, 0.05) is 22.1 Å². The molecule has 0 saturated carbocycles. The van der Waals surface area contributed by atoms with Crippen LogP contribution in [0, 0.1) is 0 Å². The van der Waals surface area contributed by atoms with Gasteiger partial charge < -0.3 is 10.1 Å². The summed E-state index contributed by atoms with van der Waals surface area (Å²) < 4.78 is 35.5. The molecule has 1 unspecified atom stereocenters. The van der Waals surface area contributed by atoms with Gasteiger partial charge in [-0.3, -0.25) is 14.6 Å². The Kier molecular flexibility index (Phi) is 15.1. The van der Waals surface area contributed by atoms with Crippen LogP contribution >= 0.6 is 11.6 Å². The minimum atomic E-state index is -3.43. The minimum absolute atomic E-state index is 0.0734. The normalized spacial score (nSPS) is 13.5. The summed E-state index contributed by atoms with van der Waals surface area (Å²) in [7, 11) is -3.43. The first-order chi connectivity index (χ1) is 23.4. The number of anilines is 1. The molecule has 0 aliphatic heterocycles. The number of benzene rings is 1. The molecule has 1 amide bonds. The third-order valence-electron chi connectivity index (χ3n) is 9.85. The number of amides is 1. The summed E-state index contributed by atoms with van der Waals surface area (Å²) in [6.45, 7) is 18.4. The zero-order chi connectivity index (χ0) is 37.2. The van der Waals surface area contributed by atoms with Crippen molar-refractivity contribution in [2.24, 2.45) is 0 Å². The van der Waals surface area contributed by atoms with Crippen LogP contribution in [-0.4, -0.2) is 51.5 Å². The summed E-state index contributed by atoms with van der Waals surface area (Å²) in [4.78, 5) is 14.1. The van der Waals surface area contributed by atoms with Crippen LogP contribution in [0.25, 0.3) is 5.65 Å². The van der Waals surface area contributed by atoms with Crippen molar-refractivity contribution >= 4 is 38.9 Å². The molecule has 2 aromatic heterocycles. The van der Waals surface area contributed by atoms with Gasteiger partial charge in [0.1, 0.15) is 10.8 Å². The van der Waals surface area contributed by atoms with E-state index in [1.54, 1.807) is 28.8 Å². The Morgan fingerprint density at radius 1 is 0.880 bits per heavy atom. The van der Waals surface area contributed by atoms with Gasteiger partial charge in [-0.2, -0.15) is 14.7 Å². The van der Waals surface area contributed by atoms with E-state index in [4.69, 9.17) is 21.4 Å². The number of unbranched alkanes of at least 4 members (excludes halogenated alkanes) is 10. The highest BCUT2D eigenvalue weighted by atomic mass is 35.5. The molecular weight excluding hydrogens is 672 g/mol. The predicted molar refractivity (Wildman–Crippen MR) is 206 cm³/mol. The van der Waals surface area contributed by atoms with Crippen molar-refractivity contribution < 1.29 is 17.9 Å². The number of carbonyl (C=O) groups is 1. The van der Waals surface area contributed by atoms with Gasteiger partial charge in [0.25, 0.3) is 5.91 Å². The molecule has 2 heterocycles. The number of hydrogen-bond donors (Lipinski definition) is 3. The summed E-state index contributed by atoms with van der Waals surface area (Å²) in [6, 6.07) is 6.76. The molecule has 0 fully saturated rings. The van der Waals surface area contributed by atoms with Crippen LogP contribution in [0.2, 0.25) is 5.02 Å². The molecule has 3 aromatic rings. The first-order valence-electron chi connectivity index (χ1n) is 18.7. The van der Waals surface area contributed by atoms with Crippen molar-refractivity contribution in [2.45, 2.75) is 168 Å². The van der Waals surface area contributed by atoms with Gasteiger partial charge in [0.05, 0.1) is 11.4 Å². The monoisotopic (exact) mass is 734 g/mol. The fourth-order valence-corrected chi connectivity index (χ4v) is 7.61. The second-order valence-electron chi connectivity index (χ2n) is 15.8. The van der Waals surface area contributed by atoms with Crippen molar-refractivity contribution in [1.82, 2.24) is 25.1 Å². The maximum atomic E-state index is 14.1. The van der Waals surface area contributed by atoms with Gasteiger partial charge in [-0.05, 0) is 57.4 Å². The highest BCUT2D eigenvalue weighted by Gasteiger charge is 2.45. The Labute approximate surface area is 306 Å². The molecule has 282 valence electrons. The minimum Gasteiger partial charge on any atom is -0.481 e. The molecule has 0 aliphatic carbocycles. The average Bonchev–Trinajstić information content (AvgIpc) is 3.61. The zero-order valence-electron chi connectivity index (χ0n) is 32.0. The number of nitrogens with one attached hydrogen (secondary N) is 3. The molecule has 0 saturated heterocycles. The van der Waals surface area contributed by atoms with E-state index in [-0.39, 0.29) is 17.1 Å². The van der Waals surface area contributed by atoms with Gasteiger partial charge in [0.2, 0.25) is 10.0 Å². The SMILES string of the molecule is CCCCCCCCCCCCC(Oc1ccc(NS(=O)(=O)CCCC)cc1)C(=O)NC(C)(C)C(C)(C)c1n[nH]c2c(Cl)c(C(C)(C)C)nn12. The smallest absolute Gasteiger partial charge is 0.261 e. The molecule has 0 spiro atoms. The van der Waals surface area contributed by atoms with Crippen LogP contribution in [0.1, 0.15) is 157 Å².